The van der Waals surface area contributed by atoms with Gasteiger partial charge in [-0.15, -0.1) is 0 Å². The quantitative estimate of drug-likeness (QED) is 0.869. The van der Waals surface area contributed by atoms with Gasteiger partial charge in [0.1, 0.15) is 0 Å². The normalized spacial score (nSPS) is 25.2. The Balaban J connectivity index is 1.46. The molecule has 7 heteroatoms. The van der Waals surface area contributed by atoms with E-state index in [4.69, 9.17) is 0 Å². The number of fused-ring (bicyclic) bond motifs is 1. The summed E-state index contributed by atoms with van der Waals surface area (Å²) in [5, 5.41) is 2.02. The van der Waals surface area contributed by atoms with Gasteiger partial charge in [0, 0.05) is 38.8 Å². The summed E-state index contributed by atoms with van der Waals surface area (Å²) < 4.78 is 1.87. The van der Waals surface area contributed by atoms with E-state index in [2.05, 4.69) is 17.3 Å². The maximum Gasteiger partial charge on any atom is 0.326 e. The largest absolute Gasteiger partial charge is 0.342 e. The molecule has 2 atom stereocenters. The first kappa shape index (κ1) is 17.3. The van der Waals surface area contributed by atoms with Gasteiger partial charge in [-0.25, -0.2) is 9.80 Å². The van der Waals surface area contributed by atoms with Gasteiger partial charge >= 0.3 is 5.69 Å². The molecule has 140 valence electrons. The number of hydrazine groups is 1. The third-order valence-electron chi connectivity index (χ3n) is 5.86. The lowest BCUT2D eigenvalue weighted by molar-refractivity contribution is -0.136. The fourth-order valence-corrected chi connectivity index (χ4v) is 4.49. The molecule has 7 nitrogen and oxygen atoms in total. The molecule has 1 aromatic heterocycles. The number of likely N-dealkylation sites (tertiary alicyclic amines) is 1. The lowest BCUT2D eigenvalue weighted by Gasteiger charge is -2.34. The number of carbonyl (C=O) groups is 1. The van der Waals surface area contributed by atoms with Crippen molar-refractivity contribution in [3.05, 3.63) is 34.7 Å². The first-order chi connectivity index (χ1) is 12.6. The predicted octanol–water partition coefficient (Wildman–Crippen LogP) is 1.34. The Morgan fingerprint density at radius 2 is 1.96 bits per heavy atom. The van der Waals surface area contributed by atoms with Gasteiger partial charge in [0.2, 0.25) is 5.91 Å². The van der Waals surface area contributed by atoms with Crippen LogP contribution in [0.1, 0.15) is 32.2 Å². The number of nitrogens with zero attached hydrogens (tertiary/aromatic N) is 3. The van der Waals surface area contributed by atoms with Crippen molar-refractivity contribution < 1.29 is 4.79 Å². The first-order valence-corrected chi connectivity index (χ1v) is 9.53. The number of carbonyl (C=O) groups excluding carboxylic acids is 1. The maximum atomic E-state index is 13.0. The van der Waals surface area contributed by atoms with Crippen LogP contribution in [0.5, 0.6) is 0 Å². The minimum Gasteiger partial charge on any atom is -0.342 e. The second-order valence-corrected chi connectivity index (χ2v) is 7.50. The van der Waals surface area contributed by atoms with Gasteiger partial charge in [-0.2, -0.15) is 0 Å². The number of hydrogen-bond acceptors (Lipinski definition) is 4. The van der Waals surface area contributed by atoms with Crippen molar-refractivity contribution >= 4 is 16.9 Å². The number of para-hydroxylation sites is 2. The number of H-pyrrole nitrogens is 1. The Morgan fingerprint density at radius 1 is 1.23 bits per heavy atom. The first-order valence-electron chi connectivity index (χ1n) is 9.53. The van der Waals surface area contributed by atoms with E-state index >= 15 is 0 Å². The summed E-state index contributed by atoms with van der Waals surface area (Å²) in [5.41, 5.74) is 5.15. The lowest BCUT2D eigenvalue weighted by Crippen LogP contribution is -2.46. The van der Waals surface area contributed by atoms with Crippen molar-refractivity contribution in [1.82, 2.24) is 24.9 Å². The van der Waals surface area contributed by atoms with Crippen LogP contribution < -0.4 is 11.1 Å². The van der Waals surface area contributed by atoms with Crippen LogP contribution in [0, 0.1) is 5.92 Å². The molecule has 2 saturated heterocycles. The van der Waals surface area contributed by atoms with Crippen molar-refractivity contribution in [3.63, 3.8) is 0 Å². The van der Waals surface area contributed by atoms with Gasteiger partial charge in [0.05, 0.1) is 17.0 Å². The molecule has 0 bridgehead atoms. The molecular formula is C19H27N5O2. The Bertz CT molecular complexity index is 849. The van der Waals surface area contributed by atoms with Gasteiger partial charge in [-0.3, -0.25) is 14.8 Å². The summed E-state index contributed by atoms with van der Waals surface area (Å²) >= 11 is 0. The van der Waals surface area contributed by atoms with Crippen LogP contribution in [0.15, 0.2) is 29.1 Å². The van der Waals surface area contributed by atoms with Gasteiger partial charge in [0.25, 0.3) is 0 Å². The zero-order valence-corrected chi connectivity index (χ0v) is 15.4. The third-order valence-corrected chi connectivity index (χ3v) is 5.86. The number of nitrogens with one attached hydrogen (secondary N) is 2. The molecule has 2 aliphatic rings. The molecule has 0 aliphatic carbocycles. The molecule has 0 radical (unpaired) electrons. The van der Waals surface area contributed by atoms with Crippen molar-refractivity contribution in [2.24, 2.45) is 5.92 Å². The minimum atomic E-state index is -0.0522. The molecule has 2 unspecified atom stereocenters. The Hall–Kier alpha value is -2.12. The minimum absolute atomic E-state index is 0.0253. The van der Waals surface area contributed by atoms with Gasteiger partial charge < -0.3 is 9.88 Å². The Labute approximate surface area is 152 Å². The Morgan fingerprint density at radius 3 is 2.69 bits per heavy atom. The highest BCUT2D eigenvalue weighted by Gasteiger charge is 2.38. The molecule has 1 amide bonds. The predicted molar refractivity (Wildman–Crippen MR) is 101 cm³/mol. The van der Waals surface area contributed by atoms with E-state index in [1.165, 1.54) is 0 Å². The summed E-state index contributed by atoms with van der Waals surface area (Å²) in [6, 6.07) is 8.17. The molecule has 26 heavy (non-hydrogen) atoms. The molecule has 2 aromatic rings. The zero-order valence-electron chi connectivity index (χ0n) is 15.4. The second-order valence-electron chi connectivity index (χ2n) is 7.50. The summed E-state index contributed by atoms with van der Waals surface area (Å²) in [7, 11) is 1.99. The zero-order chi connectivity index (χ0) is 18.3. The van der Waals surface area contributed by atoms with Crippen LogP contribution in [0.4, 0.5) is 0 Å². The van der Waals surface area contributed by atoms with Crippen LogP contribution >= 0.6 is 0 Å². The standard InChI is InChI=1S/C19H27N5O2/c1-3-15-14(12-22(2)21-15)18(25)23-10-8-13(9-11-23)24-17-7-5-4-6-16(17)20-19(24)26/h4-7,13-15,21H,3,8-12H2,1-2H3,(H,20,26). The molecule has 4 rings (SSSR count). The van der Waals surface area contributed by atoms with Crippen molar-refractivity contribution in [3.8, 4) is 0 Å². The van der Waals surface area contributed by atoms with Crippen LogP contribution in [-0.2, 0) is 4.79 Å². The summed E-state index contributed by atoms with van der Waals surface area (Å²) in [5.74, 6) is 0.274. The van der Waals surface area contributed by atoms with E-state index < -0.39 is 0 Å². The topological polar surface area (TPSA) is 73.4 Å². The van der Waals surface area contributed by atoms with Crippen LogP contribution in [0.2, 0.25) is 0 Å². The number of aromatic nitrogens is 2. The van der Waals surface area contributed by atoms with Gasteiger partial charge in [0.15, 0.2) is 0 Å². The fraction of sp³-hybridized carbons (Fsp3) is 0.579. The van der Waals surface area contributed by atoms with E-state index in [1.807, 2.05) is 45.8 Å². The Kier molecular flexibility index (Phi) is 4.58. The van der Waals surface area contributed by atoms with E-state index in [0.717, 1.165) is 36.8 Å². The maximum absolute atomic E-state index is 13.0. The summed E-state index contributed by atoms with van der Waals surface area (Å²) in [6.07, 6.45) is 2.59. The molecule has 0 spiro atoms. The molecule has 2 aliphatic heterocycles. The number of amides is 1. The highest BCUT2D eigenvalue weighted by molar-refractivity contribution is 5.80. The average molecular weight is 357 g/mol. The number of hydrogen-bond donors (Lipinski definition) is 2. The SMILES string of the molecule is CCC1NN(C)CC1C(=O)N1CCC(n2c(=O)[nH]c3ccccc32)CC1. The summed E-state index contributed by atoms with van der Waals surface area (Å²) in [6.45, 7) is 4.31. The van der Waals surface area contributed by atoms with E-state index in [1.54, 1.807) is 0 Å². The second kappa shape index (κ2) is 6.89. The highest BCUT2D eigenvalue weighted by Crippen LogP contribution is 2.27. The number of rotatable bonds is 3. The molecule has 2 fully saturated rings. The highest BCUT2D eigenvalue weighted by atomic mass is 16.2. The summed E-state index contributed by atoms with van der Waals surface area (Å²) in [4.78, 5) is 30.3. The van der Waals surface area contributed by atoms with E-state index in [9.17, 15) is 9.59 Å². The number of benzene rings is 1. The molecule has 2 N–H and O–H groups in total. The molecule has 1 aromatic carbocycles. The van der Waals surface area contributed by atoms with E-state index in [-0.39, 0.29) is 29.6 Å². The monoisotopic (exact) mass is 357 g/mol. The molecule has 3 heterocycles. The van der Waals surface area contributed by atoms with E-state index in [0.29, 0.717) is 13.1 Å². The van der Waals surface area contributed by atoms with Gasteiger partial charge in [-0.05, 0) is 31.4 Å². The smallest absolute Gasteiger partial charge is 0.326 e. The number of piperidine rings is 1. The van der Waals surface area contributed by atoms with Gasteiger partial charge in [-0.1, -0.05) is 19.1 Å². The average Bonchev–Trinajstić information content (AvgIpc) is 3.20. The lowest BCUT2D eigenvalue weighted by atomic mass is 9.96. The number of imidazole rings is 1. The number of aromatic amines is 1. The van der Waals surface area contributed by atoms with Crippen molar-refractivity contribution in [1.29, 1.82) is 0 Å². The fourth-order valence-electron chi connectivity index (χ4n) is 4.49. The molecular weight excluding hydrogens is 330 g/mol. The van der Waals surface area contributed by atoms with Crippen LogP contribution in [0.3, 0.4) is 0 Å². The molecule has 0 saturated carbocycles. The van der Waals surface area contributed by atoms with Crippen LogP contribution in [-0.4, -0.2) is 58.1 Å². The van der Waals surface area contributed by atoms with Crippen molar-refractivity contribution in [2.75, 3.05) is 26.7 Å². The van der Waals surface area contributed by atoms with Crippen LogP contribution in [0.25, 0.3) is 11.0 Å². The third kappa shape index (κ3) is 2.95. The van der Waals surface area contributed by atoms with Crippen molar-refractivity contribution in [2.45, 2.75) is 38.3 Å².